The Hall–Kier alpha value is -3.81. The summed E-state index contributed by atoms with van der Waals surface area (Å²) in [4.78, 5) is 26.0. The van der Waals surface area contributed by atoms with Gasteiger partial charge in [-0.2, -0.15) is 13.2 Å². The van der Waals surface area contributed by atoms with Crippen LogP contribution in [0.2, 0.25) is 0 Å². The molecule has 1 aliphatic rings. The molecule has 3 aromatic carbocycles. The average molecular weight is 483 g/mol. The molecule has 1 fully saturated rings. The van der Waals surface area contributed by atoms with E-state index in [1.807, 2.05) is 4.90 Å². The first-order chi connectivity index (χ1) is 16.7. The van der Waals surface area contributed by atoms with Crippen molar-refractivity contribution in [2.24, 2.45) is 0 Å². The van der Waals surface area contributed by atoms with E-state index < -0.39 is 23.6 Å². The van der Waals surface area contributed by atoms with Crippen LogP contribution in [0.3, 0.4) is 0 Å². The molecular formula is C27H25F3N2O3. The van der Waals surface area contributed by atoms with Crippen LogP contribution in [-0.4, -0.2) is 25.0 Å². The van der Waals surface area contributed by atoms with Crippen molar-refractivity contribution < 1.29 is 27.5 Å². The van der Waals surface area contributed by atoms with Gasteiger partial charge < -0.3 is 15.0 Å². The lowest BCUT2D eigenvalue weighted by Gasteiger charge is -2.31. The SMILES string of the molecule is CC(=O)Oc1ccc(-c2ccc(C(=O)Nc3cc(C(F)(F)F)ccc3N3CCCCC3)cc2)cc1. The highest BCUT2D eigenvalue weighted by Gasteiger charge is 2.32. The van der Waals surface area contributed by atoms with Crippen LogP contribution in [0.1, 0.15) is 42.1 Å². The van der Waals surface area contributed by atoms with Gasteiger partial charge in [0.05, 0.1) is 16.9 Å². The van der Waals surface area contributed by atoms with Crippen LogP contribution in [0.5, 0.6) is 5.75 Å². The van der Waals surface area contributed by atoms with Gasteiger partial charge in [-0.15, -0.1) is 0 Å². The summed E-state index contributed by atoms with van der Waals surface area (Å²) in [5.74, 6) is -0.459. The fourth-order valence-corrected chi connectivity index (χ4v) is 4.11. The zero-order chi connectivity index (χ0) is 25.0. The minimum Gasteiger partial charge on any atom is -0.427 e. The summed E-state index contributed by atoms with van der Waals surface area (Å²) < 4.78 is 45.1. The van der Waals surface area contributed by atoms with E-state index >= 15 is 0 Å². The predicted octanol–water partition coefficient (Wildman–Crippen LogP) is 6.54. The van der Waals surface area contributed by atoms with Gasteiger partial charge in [0, 0.05) is 25.6 Å². The van der Waals surface area contributed by atoms with Gasteiger partial charge in [0.1, 0.15) is 5.75 Å². The third-order valence-corrected chi connectivity index (χ3v) is 5.87. The van der Waals surface area contributed by atoms with Crippen molar-refractivity contribution in [2.45, 2.75) is 32.4 Å². The van der Waals surface area contributed by atoms with Gasteiger partial charge in [-0.1, -0.05) is 24.3 Å². The number of anilines is 2. The maximum atomic E-state index is 13.3. The number of rotatable bonds is 5. The van der Waals surface area contributed by atoms with Crippen LogP contribution >= 0.6 is 0 Å². The van der Waals surface area contributed by atoms with Crippen LogP contribution in [0.25, 0.3) is 11.1 Å². The minimum absolute atomic E-state index is 0.150. The molecule has 0 saturated carbocycles. The van der Waals surface area contributed by atoms with Crippen molar-refractivity contribution in [1.82, 2.24) is 0 Å². The Kier molecular flexibility index (Phi) is 7.10. The van der Waals surface area contributed by atoms with E-state index in [-0.39, 0.29) is 5.69 Å². The van der Waals surface area contributed by atoms with Crippen molar-refractivity contribution in [3.63, 3.8) is 0 Å². The molecule has 0 radical (unpaired) electrons. The van der Waals surface area contributed by atoms with Gasteiger partial charge >= 0.3 is 12.1 Å². The molecule has 0 bridgehead atoms. The van der Waals surface area contributed by atoms with Crippen LogP contribution in [0.4, 0.5) is 24.5 Å². The van der Waals surface area contributed by atoms with Crippen molar-refractivity contribution in [2.75, 3.05) is 23.3 Å². The summed E-state index contributed by atoms with van der Waals surface area (Å²) in [6.45, 7) is 2.80. The zero-order valence-electron chi connectivity index (χ0n) is 19.2. The number of ether oxygens (including phenoxy) is 1. The Morgan fingerprint density at radius 3 is 2.03 bits per heavy atom. The van der Waals surface area contributed by atoms with Gasteiger partial charge in [-0.25, -0.2) is 0 Å². The molecule has 35 heavy (non-hydrogen) atoms. The molecule has 3 aromatic rings. The number of hydrogen-bond donors (Lipinski definition) is 1. The first-order valence-electron chi connectivity index (χ1n) is 11.4. The molecule has 0 spiro atoms. The largest absolute Gasteiger partial charge is 0.427 e. The molecular weight excluding hydrogens is 457 g/mol. The van der Waals surface area contributed by atoms with E-state index in [2.05, 4.69) is 5.32 Å². The molecule has 0 aromatic heterocycles. The predicted molar refractivity (Wildman–Crippen MR) is 129 cm³/mol. The number of piperidine rings is 1. The molecule has 1 aliphatic heterocycles. The highest BCUT2D eigenvalue weighted by molar-refractivity contribution is 6.06. The van der Waals surface area contributed by atoms with E-state index in [9.17, 15) is 22.8 Å². The van der Waals surface area contributed by atoms with E-state index in [1.54, 1.807) is 48.5 Å². The molecule has 0 aliphatic carbocycles. The van der Waals surface area contributed by atoms with E-state index in [0.717, 1.165) is 55.6 Å². The standard InChI is InChI=1S/C27H25F3N2O3/c1-18(33)35-23-12-9-20(10-13-23)19-5-7-21(8-6-19)26(34)31-24-17-22(27(28,29)30)11-14-25(24)32-15-3-2-4-16-32/h5-14,17H,2-4,15-16H2,1H3,(H,31,34). The number of amides is 1. The number of halogens is 3. The van der Waals surface area contributed by atoms with Crippen LogP contribution in [0.15, 0.2) is 66.7 Å². The lowest BCUT2D eigenvalue weighted by atomic mass is 10.0. The van der Waals surface area contributed by atoms with Gasteiger partial charge in [0.25, 0.3) is 5.91 Å². The Morgan fingerprint density at radius 1 is 0.857 bits per heavy atom. The van der Waals surface area contributed by atoms with Crippen molar-refractivity contribution in [3.8, 4) is 16.9 Å². The third kappa shape index (κ3) is 6.01. The second-order valence-corrected chi connectivity index (χ2v) is 8.43. The highest BCUT2D eigenvalue weighted by atomic mass is 19.4. The summed E-state index contributed by atoms with van der Waals surface area (Å²) in [6.07, 6.45) is -1.51. The first-order valence-corrected chi connectivity index (χ1v) is 11.4. The molecule has 0 unspecified atom stereocenters. The number of esters is 1. The highest BCUT2D eigenvalue weighted by Crippen LogP contribution is 2.36. The van der Waals surface area contributed by atoms with E-state index in [0.29, 0.717) is 17.0 Å². The van der Waals surface area contributed by atoms with Crippen LogP contribution in [0, 0.1) is 0 Å². The van der Waals surface area contributed by atoms with Crippen molar-refractivity contribution in [3.05, 3.63) is 77.9 Å². The van der Waals surface area contributed by atoms with Gasteiger partial charge in [-0.05, 0) is 72.9 Å². The molecule has 5 nitrogen and oxygen atoms in total. The Morgan fingerprint density at radius 2 is 1.46 bits per heavy atom. The topological polar surface area (TPSA) is 58.6 Å². The van der Waals surface area contributed by atoms with Gasteiger partial charge in [0.15, 0.2) is 0 Å². The molecule has 1 N–H and O–H groups in total. The number of nitrogens with one attached hydrogen (secondary N) is 1. The second-order valence-electron chi connectivity index (χ2n) is 8.43. The second kappa shape index (κ2) is 10.2. The molecule has 4 rings (SSSR count). The fraction of sp³-hybridized carbons (Fsp3) is 0.259. The number of hydrogen-bond acceptors (Lipinski definition) is 4. The zero-order valence-corrected chi connectivity index (χ0v) is 19.2. The summed E-state index contributed by atoms with van der Waals surface area (Å²) >= 11 is 0. The molecule has 0 atom stereocenters. The van der Waals surface area contributed by atoms with Gasteiger partial charge in [-0.3, -0.25) is 9.59 Å². The maximum Gasteiger partial charge on any atom is 0.416 e. The lowest BCUT2D eigenvalue weighted by Crippen LogP contribution is -2.30. The molecule has 182 valence electrons. The first kappa shape index (κ1) is 24.3. The number of nitrogens with zero attached hydrogens (tertiary/aromatic N) is 1. The lowest BCUT2D eigenvalue weighted by molar-refractivity contribution is -0.137. The summed E-state index contributed by atoms with van der Waals surface area (Å²) in [5, 5.41) is 2.69. The smallest absolute Gasteiger partial charge is 0.416 e. The summed E-state index contributed by atoms with van der Waals surface area (Å²) in [5.41, 5.74) is 1.96. The molecule has 1 saturated heterocycles. The van der Waals surface area contributed by atoms with Crippen molar-refractivity contribution >= 4 is 23.3 Å². The number of alkyl halides is 3. The van der Waals surface area contributed by atoms with Gasteiger partial charge in [0.2, 0.25) is 0 Å². The normalized spacial score (nSPS) is 13.9. The maximum absolute atomic E-state index is 13.3. The number of carbonyl (C=O) groups is 2. The quantitative estimate of drug-likeness (QED) is 0.331. The Labute approximate surface area is 201 Å². The molecule has 8 heteroatoms. The number of carbonyl (C=O) groups excluding carboxylic acids is 2. The number of benzene rings is 3. The van der Waals surface area contributed by atoms with E-state index in [1.165, 1.54) is 13.0 Å². The Bertz CT molecular complexity index is 1200. The average Bonchev–Trinajstić information content (AvgIpc) is 2.84. The summed E-state index contributed by atoms with van der Waals surface area (Å²) in [7, 11) is 0. The summed E-state index contributed by atoms with van der Waals surface area (Å²) in [6, 6.07) is 17.2. The van der Waals surface area contributed by atoms with E-state index in [4.69, 9.17) is 4.74 Å². The molecule has 1 heterocycles. The monoisotopic (exact) mass is 482 g/mol. The van der Waals surface area contributed by atoms with Crippen molar-refractivity contribution in [1.29, 1.82) is 0 Å². The molecule has 1 amide bonds. The van der Waals surface area contributed by atoms with Crippen LogP contribution in [-0.2, 0) is 11.0 Å². The minimum atomic E-state index is -4.51. The Balaban J connectivity index is 1.54. The van der Waals surface area contributed by atoms with Crippen LogP contribution < -0.4 is 15.0 Å². The third-order valence-electron chi connectivity index (χ3n) is 5.87. The fourth-order valence-electron chi connectivity index (χ4n) is 4.11.